The highest BCUT2D eigenvalue weighted by Crippen LogP contribution is 2.35. The number of nitrogens with one attached hydrogen (secondary N) is 1. The Hall–Kier alpha value is -2.52. The first-order chi connectivity index (χ1) is 12.0. The Kier molecular flexibility index (Phi) is 3.69. The van der Waals surface area contributed by atoms with Crippen LogP contribution in [0.1, 0.15) is 6.42 Å². The molecule has 4 rings (SSSR count). The number of hydrogen-bond acceptors (Lipinski definition) is 4. The van der Waals surface area contributed by atoms with Crippen molar-refractivity contribution in [2.24, 2.45) is 5.73 Å². The maximum atomic E-state index is 11.7. The normalized spacial score (nSPS) is 18.1. The number of H-pyrrole nitrogens is 1. The summed E-state index contributed by atoms with van der Waals surface area (Å²) in [6, 6.07) is 3.91. The van der Waals surface area contributed by atoms with Crippen LogP contribution in [0.3, 0.4) is 0 Å². The molecule has 25 heavy (non-hydrogen) atoms. The smallest absolute Gasteiger partial charge is 0.219 e. The van der Waals surface area contributed by atoms with E-state index in [4.69, 9.17) is 5.73 Å². The fourth-order valence-electron chi connectivity index (χ4n) is 3.39. The lowest BCUT2D eigenvalue weighted by atomic mass is 9.88. The van der Waals surface area contributed by atoms with Crippen LogP contribution in [0.15, 0.2) is 36.9 Å². The van der Waals surface area contributed by atoms with Gasteiger partial charge in [-0.3, -0.25) is 9.48 Å². The number of carbonyl (C=O) groups excluding carboxylic acids is 1. The minimum atomic E-state index is -1.07. The molecule has 9 heteroatoms. The third-order valence-electron chi connectivity index (χ3n) is 4.65. The monoisotopic (exact) mass is 358 g/mol. The minimum Gasteiger partial charge on any atom is -0.370 e. The van der Waals surface area contributed by atoms with Crippen LogP contribution in [0.4, 0.5) is 0 Å². The van der Waals surface area contributed by atoms with Crippen molar-refractivity contribution in [2.45, 2.75) is 12.0 Å². The van der Waals surface area contributed by atoms with Crippen molar-refractivity contribution in [3.63, 3.8) is 0 Å². The molecule has 0 saturated carbocycles. The average Bonchev–Trinajstić information content (AvgIpc) is 3.18. The first kappa shape index (κ1) is 16.0. The lowest BCUT2D eigenvalue weighted by Crippen LogP contribution is -2.64. The Morgan fingerprint density at radius 2 is 2.24 bits per heavy atom. The SMILES string of the molecule is CS(=O)N1CC(CC(N)=O)(n2cc(-c3ccnc4[nH]ccc34)cn2)C1. The second-order valence-corrected chi connectivity index (χ2v) is 7.73. The highest BCUT2D eigenvalue weighted by Gasteiger charge is 2.48. The van der Waals surface area contributed by atoms with Crippen LogP contribution in [0.5, 0.6) is 0 Å². The molecular formula is C16H18N6O2S. The van der Waals surface area contributed by atoms with Crippen molar-refractivity contribution in [3.05, 3.63) is 36.9 Å². The summed E-state index contributed by atoms with van der Waals surface area (Å²) in [5.41, 5.74) is 7.66. The van der Waals surface area contributed by atoms with Crippen LogP contribution in [0.25, 0.3) is 22.2 Å². The van der Waals surface area contributed by atoms with Gasteiger partial charge in [-0.2, -0.15) is 5.10 Å². The first-order valence-electron chi connectivity index (χ1n) is 7.83. The lowest BCUT2D eigenvalue weighted by molar-refractivity contribution is -0.122. The third-order valence-corrected chi connectivity index (χ3v) is 5.63. The molecule has 4 heterocycles. The van der Waals surface area contributed by atoms with Crippen LogP contribution >= 0.6 is 0 Å². The molecule has 0 radical (unpaired) electrons. The highest BCUT2D eigenvalue weighted by atomic mass is 32.2. The molecule has 3 aromatic rings. The van der Waals surface area contributed by atoms with Gasteiger partial charge in [-0.15, -0.1) is 0 Å². The molecule has 3 N–H and O–H groups in total. The van der Waals surface area contributed by atoms with Gasteiger partial charge in [0.2, 0.25) is 5.91 Å². The molecule has 8 nitrogen and oxygen atoms in total. The van der Waals surface area contributed by atoms with Gasteiger partial charge in [-0.25, -0.2) is 13.5 Å². The van der Waals surface area contributed by atoms with Gasteiger partial charge in [0.05, 0.1) is 29.1 Å². The van der Waals surface area contributed by atoms with Gasteiger partial charge in [0.25, 0.3) is 0 Å². The van der Waals surface area contributed by atoms with E-state index in [9.17, 15) is 9.00 Å². The number of nitrogens with two attached hydrogens (primary N) is 1. The molecule has 1 fully saturated rings. The van der Waals surface area contributed by atoms with Gasteiger partial charge in [-0.05, 0) is 17.7 Å². The van der Waals surface area contributed by atoms with Gasteiger partial charge >= 0.3 is 0 Å². The number of carbonyl (C=O) groups is 1. The summed E-state index contributed by atoms with van der Waals surface area (Å²) in [5.74, 6) is -0.393. The van der Waals surface area contributed by atoms with Gasteiger partial charge in [0.1, 0.15) is 5.65 Å². The number of amides is 1. The summed E-state index contributed by atoms with van der Waals surface area (Å²) in [7, 11) is -1.07. The summed E-state index contributed by atoms with van der Waals surface area (Å²) < 4.78 is 15.2. The van der Waals surface area contributed by atoms with E-state index in [1.807, 2.05) is 24.5 Å². The highest BCUT2D eigenvalue weighted by molar-refractivity contribution is 7.81. The fourth-order valence-corrected chi connectivity index (χ4v) is 4.23. The van der Waals surface area contributed by atoms with E-state index in [2.05, 4.69) is 15.1 Å². The van der Waals surface area contributed by atoms with E-state index in [0.29, 0.717) is 13.1 Å². The second kappa shape index (κ2) is 5.78. The Labute approximate surface area is 146 Å². The number of rotatable bonds is 5. The number of aromatic nitrogens is 4. The van der Waals surface area contributed by atoms with E-state index >= 15 is 0 Å². The molecule has 1 aliphatic heterocycles. The molecule has 0 bridgehead atoms. The predicted octanol–water partition coefficient (Wildman–Crippen LogP) is 0.606. The third kappa shape index (κ3) is 2.65. The first-order valence-corrected chi connectivity index (χ1v) is 9.34. The summed E-state index contributed by atoms with van der Waals surface area (Å²) in [6.45, 7) is 0.964. The van der Waals surface area contributed by atoms with Crippen molar-refractivity contribution in [2.75, 3.05) is 19.3 Å². The van der Waals surface area contributed by atoms with Crippen molar-refractivity contribution < 1.29 is 9.00 Å². The summed E-state index contributed by atoms with van der Waals surface area (Å²) in [4.78, 5) is 18.9. The second-order valence-electron chi connectivity index (χ2n) is 6.36. The van der Waals surface area contributed by atoms with E-state index in [1.54, 1.807) is 27.6 Å². The zero-order chi connectivity index (χ0) is 17.6. The summed E-state index contributed by atoms with van der Waals surface area (Å²) >= 11 is 0. The molecule has 1 unspecified atom stereocenters. The van der Waals surface area contributed by atoms with Crippen molar-refractivity contribution in [1.29, 1.82) is 0 Å². The molecule has 1 aliphatic rings. The maximum Gasteiger partial charge on any atom is 0.219 e. The molecule has 130 valence electrons. The Bertz CT molecular complexity index is 972. The standard InChI is InChI=1S/C16H18N6O2S/c1-25(24)21-9-16(10-21,6-14(17)23)22-8-11(7-20-22)12-2-4-18-15-13(12)3-5-19-15/h2-5,7-8H,6,9-10H2,1H3,(H2,17,23)(H,18,19). The molecule has 3 aromatic heterocycles. The Morgan fingerprint density at radius 3 is 2.96 bits per heavy atom. The van der Waals surface area contributed by atoms with E-state index < -0.39 is 22.4 Å². The van der Waals surface area contributed by atoms with Crippen LogP contribution in [-0.2, 0) is 21.3 Å². The zero-order valence-electron chi connectivity index (χ0n) is 13.7. The molecule has 0 aliphatic carbocycles. The molecular weight excluding hydrogens is 340 g/mol. The fraction of sp³-hybridized carbons (Fsp3) is 0.312. The number of aromatic amines is 1. The molecule has 0 aromatic carbocycles. The van der Waals surface area contributed by atoms with Crippen molar-refractivity contribution in [3.8, 4) is 11.1 Å². The Morgan fingerprint density at radius 1 is 1.44 bits per heavy atom. The van der Waals surface area contributed by atoms with E-state index in [0.717, 1.165) is 22.2 Å². The van der Waals surface area contributed by atoms with Gasteiger partial charge in [0.15, 0.2) is 0 Å². The van der Waals surface area contributed by atoms with Crippen LogP contribution < -0.4 is 5.73 Å². The zero-order valence-corrected chi connectivity index (χ0v) is 14.5. The number of hydrogen-bond donors (Lipinski definition) is 2. The number of nitrogens with zero attached hydrogens (tertiary/aromatic N) is 4. The van der Waals surface area contributed by atoms with Crippen molar-refractivity contribution >= 4 is 27.9 Å². The largest absolute Gasteiger partial charge is 0.370 e. The molecule has 0 spiro atoms. The average molecular weight is 358 g/mol. The van der Waals surface area contributed by atoms with Crippen LogP contribution in [-0.4, -0.2) is 53.5 Å². The molecule has 1 atom stereocenters. The van der Waals surface area contributed by atoms with Gasteiger partial charge < -0.3 is 10.7 Å². The molecule has 1 amide bonds. The van der Waals surface area contributed by atoms with Crippen LogP contribution in [0.2, 0.25) is 0 Å². The van der Waals surface area contributed by atoms with Crippen molar-refractivity contribution in [1.82, 2.24) is 24.1 Å². The number of pyridine rings is 1. The van der Waals surface area contributed by atoms with Crippen LogP contribution in [0, 0.1) is 0 Å². The maximum absolute atomic E-state index is 11.7. The number of fused-ring (bicyclic) bond motifs is 1. The summed E-state index contributed by atoms with van der Waals surface area (Å²) in [5, 5.41) is 5.49. The lowest BCUT2D eigenvalue weighted by Gasteiger charge is -2.48. The minimum absolute atomic E-state index is 0.164. The van der Waals surface area contributed by atoms with Gasteiger partial charge in [0, 0.05) is 48.9 Å². The predicted molar refractivity (Wildman–Crippen MR) is 94.7 cm³/mol. The summed E-state index contributed by atoms with van der Waals surface area (Å²) in [6.07, 6.45) is 9.08. The molecule has 1 saturated heterocycles. The number of primary amides is 1. The topological polar surface area (TPSA) is 110 Å². The Balaban J connectivity index is 1.71. The van der Waals surface area contributed by atoms with Gasteiger partial charge in [-0.1, -0.05) is 0 Å². The van der Waals surface area contributed by atoms with E-state index in [-0.39, 0.29) is 6.42 Å². The quantitative estimate of drug-likeness (QED) is 0.696. The van der Waals surface area contributed by atoms with E-state index in [1.165, 1.54) is 0 Å².